The van der Waals surface area contributed by atoms with Crippen molar-refractivity contribution in [2.24, 2.45) is 11.8 Å². The highest BCUT2D eigenvalue weighted by molar-refractivity contribution is 5.81. The molecule has 0 aromatic rings. The van der Waals surface area contributed by atoms with Crippen molar-refractivity contribution in [1.82, 2.24) is 9.80 Å². The third-order valence-corrected chi connectivity index (χ3v) is 5.16. The maximum Gasteiger partial charge on any atom is 0.226 e. The van der Waals surface area contributed by atoms with Gasteiger partial charge in [0.2, 0.25) is 5.91 Å². The van der Waals surface area contributed by atoms with Crippen LogP contribution >= 0.6 is 0 Å². The normalized spacial score (nSPS) is 37.2. The Morgan fingerprint density at radius 1 is 1.42 bits per heavy atom. The van der Waals surface area contributed by atoms with E-state index in [0.29, 0.717) is 18.8 Å². The number of aliphatic hydroxyl groups is 1. The molecule has 2 aliphatic heterocycles. The molecule has 1 spiro atoms. The molecule has 0 radical (unpaired) electrons. The first-order valence-corrected chi connectivity index (χ1v) is 7.21. The molecule has 5 nitrogen and oxygen atoms in total. The Hall–Kier alpha value is -0.650. The third-order valence-electron chi connectivity index (χ3n) is 5.16. The molecular formula is C14H24N2O3. The molecule has 1 amide bonds. The summed E-state index contributed by atoms with van der Waals surface area (Å²) in [4.78, 5) is 16.6. The summed E-state index contributed by atoms with van der Waals surface area (Å²) in [6, 6.07) is 0. The molecule has 3 fully saturated rings. The second-order valence-corrected chi connectivity index (χ2v) is 6.65. The number of aliphatic hydroxyl groups excluding tert-OH is 1. The van der Waals surface area contributed by atoms with Crippen LogP contribution in [0.25, 0.3) is 0 Å². The molecule has 3 aliphatic rings. The lowest BCUT2D eigenvalue weighted by atomic mass is 9.78. The zero-order chi connectivity index (χ0) is 13.6. The van der Waals surface area contributed by atoms with Gasteiger partial charge in [0.05, 0.1) is 18.2 Å². The first kappa shape index (κ1) is 13.3. The highest BCUT2D eigenvalue weighted by atomic mass is 16.5. The van der Waals surface area contributed by atoms with E-state index in [-0.39, 0.29) is 23.5 Å². The van der Waals surface area contributed by atoms with E-state index in [2.05, 4.69) is 11.9 Å². The summed E-state index contributed by atoms with van der Waals surface area (Å²) in [5.41, 5.74) is 0.196. The largest absolute Gasteiger partial charge is 0.393 e. The van der Waals surface area contributed by atoms with E-state index in [1.807, 2.05) is 4.90 Å². The molecule has 1 aliphatic carbocycles. The van der Waals surface area contributed by atoms with Crippen molar-refractivity contribution in [2.75, 3.05) is 40.4 Å². The first-order valence-electron chi connectivity index (χ1n) is 7.21. The molecule has 2 heterocycles. The zero-order valence-corrected chi connectivity index (χ0v) is 11.8. The van der Waals surface area contributed by atoms with Gasteiger partial charge in [0.25, 0.3) is 0 Å². The predicted octanol–water partition coefficient (Wildman–Crippen LogP) is -0.0636. The number of carbonyl (C=O) groups excluding carboxylic acids is 1. The number of hydrogen-bond donors (Lipinski definition) is 1. The predicted molar refractivity (Wildman–Crippen MR) is 70.7 cm³/mol. The van der Waals surface area contributed by atoms with E-state index >= 15 is 0 Å². The molecule has 5 heteroatoms. The average Bonchev–Trinajstić information content (AvgIpc) is 2.60. The van der Waals surface area contributed by atoms with Crippen molar-refractivity contribution >= 4 is 5.91 Å². The van der Waals surface area contributed by atoms with Gasteiger partial charge in [-0.2, -0.15) is 0 Å². The van der Waals surface area contributed by atoms with Crippen LogP contribution in [0.3, 0.4) is 0 Å². The van der Waals surface area contributed by atoms with Gasteiger partial charge < -0.3 is 14.7 Å². The van der Waals surface area contributed by atoms with E-state index in [9.17, 15) is 9.90 Å². The van der Waals surface area contributed by atoms with Gasteiger partial charge in [0, 0.05) is 32.7 Å². The molecule has 0 bridgehead atoms. The van der Waals surface area contributed by atoms with Gasteiger partial charge in [-0.3, -0.25) is 9.69 Å². The Morgan fingerprint density at radius 2 is 2.11 bits per heavy atom. The van der Waals surface area contributed by atoms with Crippen LogP contribution in [0.5, 0.6) is 0 Å². The molecule has 0 aromatic heterocycles. The van der Waals surface area contributed by atoms with E-state index < -0.39 is 0 Å². The first-order chi connectivity index (χ1) is 9.04. The van der Waals surface area contributed by atoms with Gasteiger partial charge in [-0.1, -0.05) is 0 Å². The zero-order valence-electron chi connectivity index (χ0n) is 11.8. The minimum absolute atomic E-state index is 0.0776. The molecule has 2 saturated heterocycles. The highest BCUT2D eigenvalue weighted by Gasteiger charge is 2.54. The molecule has 1 unspecified atom stereocenters. The van der Waals surface area contributed by atoms with Crippen LogP contribution in [0.4, 0.5) is 0 Å². The molecule has 108 valence electrons. The minimum Gasteiger partial charge on any atom is -0.393 e. The van der Waals surface area contributed by atoms with Gasteiger partial charge in [0.1, 0.15) is 0 Å². The van der Waals surface area contributed by atoms with Crippen LogP contribution in [0.1, 0.15) is 19.3 Å². The summed E-state index contributed by atoms with van der Waals surface area (Å²) in [5.74, 6) is 0.922. The number of likely N-dealkylation sites (N-methyl/N-ethyl adjacent to an activating group) is 1. The third kappa shape index (κ3) is 2.18. The molecule has 1 N–H and O–H groups in total. The van der Waals surface area contributed by atoms with Crippen molar-refractivity contribution in [1.29, 1.82) is 0 Å². The Kier molecular flexibility index (Phi) is 3.31. The number of rotatable bonds is 3. The molecule has 19 heavy (non-hydrogen) atoms. The van der Waals surface area contributed by atoms with Crippen molar-refractivity contribution in [3.63, 3.8) is 0 Å². The molecule has 3 rings (SSSR count). The lowest BCUT2D eigenvalue weighted by molar-refractivity contribution is -0.154. The summed E-state index contributed by atoms with van der Waals surface area (Å²) < 4.78 is 5.25. The SMILES string of the molecule is COCC1CN(C)C2(C1)CN(C(=O)C1CC(O)C1)C2. The van der Waals surface area contributed by atoms with Gasteiger partial charge >= 0.3 is 0 Å². The second kappa shape index (κ2) is 4.72. The quantitative estimate of drug-likeness (QED) is 0.779. The Bertz CT molecular complexity index is 362. The lowest BCUT2D eigenvalue weighted by Gasteiger charge is -2.53. The number of hydrogen-bond acceptors (Lipinski definition) is 4. The van der Waals surface area contributed by atoms with E-state index in [4.69, 9.17) is 4.74 Å². The molecular weight excluding hydrogens is 244 g/mol. The van der Waals surface area contributed by atoms with Crippen LogP contribution < -0.4 is 0 Å². The number of ether oxygens (including phenoxy) is 1. The smallest absolute Gasteiger partial charge is 0.226 e. The fourth-order valence-corrected chi connectivity index (χ4v) is 3.92. The topological polar surface area (TPSA) is 53.0 Å². The lowest BCUT2D eigenvalue weighted by Crippen LogP contribution is -2.69. The van der Waals surface area contributed by atoms with E-state index in [0.717, 1.165) is 32.7 Å². The van der Waals surface area contributed by atoms with Gasteiger partial charge in [-0.05, 0) is 32.2 Å². The second-order valence-electron chi connectivity index (χ2n) is 6.65. The standard InChI is InChI=1S/C14H24N2O3/c1-15-6-10(7-19-2)5-14(15)8-16(9-14)13(18)11-3-12(17)4-11/h10-12,17H,3-9H2,1-2H3. The summed E-state index contributed by atoms with van der Waals surface area (Å²) in [7, 11) is 3.91. The fourth-order valence-electron chi connectivity index (χ4n) is 3.92. The summed E-state index contributed by atoms with van der Waals surface area (Å²) in [5, 5.41) is 9.29. The van der Waals surface area contributed by atoms with Crippen molar-refractivity contribution in [2.45, 2.75) is 30.9 Å². The Balaban J connectivity index is 1.52. The molecule has 1 saturated carbocycles. The monoisotopic (exact) mass is 268 g/mol. The summed E-state index contributed by atoms with van der Waals surface area (Å²) >= 11 is 0. The van der Waals surface area contributed by atoms with Crippen LogP contribution in [0.2, 0.25) is 0 Å². The Labute approximate surface area is 114 Å². The van der Waals surface area contributed by atoms with Crippen molar-refractivity contribution in [3.8, 4) is 0 Å². The van der Waals surface area contributed by atoms with Crippen LogP contribution in [0.15, 0.2) is 0 Å². The number of likely N-dealkylation sites (tertiary alicyclic amines) is 2. The van der Waals surface area contributed by atoms with Crippen molar-refractivity contribution < 1.29 is 14.6 Å². The summed E-state index contributed by atoms with van der Waals surface area (Å²) in [6.45, 7) is 3.59. The van der Waals surface area contributed by atoms with Gasteiger partial charge in [-0.25, -0.2) is 0 Å². The van der Waals surface area contributed by atoms with Crippen LogP contribution in [-0.2, 0) is 9.53 Å². The van der Waals surface area contributed by atoms with Crippen molar-refractivity contribution in [3.05, 3.63) is 0 Å². The molecule has 0 aromatic carbocycles. The highest BCUT2D eigenvalue weighted by Crippen LogP contribution is 2.41. The Morgan fingerprint density at radius 3 is 2.68 bits per heavy atom. The maximum absolute atomic E-state index is 12.2. The summed E-state index contributed by atoms with van der Waals surface area (Å²) in [6.07, 6.45) is 2.20. The fraction of sp³-hybridized carbons (Fsp3) is 0.929. The van der Waals surface area contributed by atoms with Gasteiger partial charge in [-0.15, -0.1) is 0 Å². The van der Waals surface area contributed by atoms with Crippen LogP contribution in [-0.4, -0.2) is 72.9 Å². The minimum atomic E-state index is -0.246. The number of methoxy groups -OCH3 is 1. The average molecular weight is 268 g/mol. The maximum atomic E-state index is 12.2. The van der Waals surface area contributed by atoms with E-state index in [1.54, 1.807) is 7.11 Å². The van der Waals surface area contributed by atoms with E-state index in [1.165, 1.54) is 0 Å². The number of carbonyl (C=O) groups is 1. The molecule has 1 atom stereocenters. The number of amides is 1. The van der Waals surface area contributed by atoms with Gasteiger partial charge in [0.15, 0.2) is 0 Å². The van der Waals surface area contributed by atoms with Crippen LogP contribution in [0, 0.1) is 11.8 Å². The number of nitrogens with zero attached hydrogens (tertiary/aromatic N) is 2.